The predicted octanol–water partition coefficient (Wildman–Crippen LogP) is 2.47. The number of rotatable bonds is 4. The molecule has 0 aromatic heterocycles. The molecule has 1 aliphatic carbocycles. The van der Waals surface area contributed by atoms with Gasteiger partial charge in [-0.25, -0.2) is 0 Å². The molecule has 2 amide bonds. The maximum atomic E-state index is 13.3. The predicted molar refractivity (Wildman–Crippen MR) is 105 cm³/mol. The Hall–Kier alpha value is -1.92. The molecular formula is C22H30N2O4. The number of hydrogen-bond donors (Lipinski definition) is 0. The van der Waals surface area contributed by atoms with Gasteiger partial charge in [-0.15, -0.1) is 0 Å². The summed E-state index contributed by atoms with van der Waals surface area (Å²) < 4.78 is 11.0. The third-order valence-electron chi connectivity index (χ3n) is 6.68. The summed E-state index contributed by atoms with van der Waals surface area (Å²) in [6.45, 7) is 6.97. The van der Waals surface area contributed by atoms with Crippen molar-refractivity contribution < 1.29 is 19.1 Å². The van der Waals surface area contributed by atoms with Gasteiger partial charge >= 0.3 is 0 Å². The van der Waals surface area contributed by atoms with E-state index in [-0.39, 0.29) is 28.9 Å². The van der Waals surface area contributed by atoms with Crippen LogP contribution in [0.4, 0.5) is 0 Å². The second-order valence-corrected chi connectivity index (χ2v) is 8.92. The molecule has 6 heteroatoms. The van der Waals surface area contributed by atoms with Crippen LogP contribution >= 0.6 is 0 Å². The second-order valence-electron chi connectivity index (χ2n) is 8.92. The minimum atomic E-state index is -0.341. The first-order valence-corrected chi connectivity index (χ1v) is 10.2. The third kappa shape index (κ3) is 3.33. The summed E-state index contributed by atoms with van der Waals surface area (Å²) in [7, 11) is 1.66. The molecule has 4 rings (SSSR count). The first-order valence-electron chi connectivity index (χ1n) is 10.2. The lowest BCUT2D eigenvalue weighted by molar-refractivity contribution is -0.148. The van der Waals surface area contributed by atoms with Gasteiger partial charge in [0.05, 0.1) is 24.2 Å². The zero-order valence-electron chi connectivity index (χ0n) is 17.1. The Morgan fingerprint density at radius 3 is 2.50 bits per heavy atom. The monoisotopic (exact) mass is 386 g/mol. The van der Waals surface area contributed by atoms with Gasteiger partial charge < -0.3 is 19.3 Å². The fourth-order valence-electron chi connectivity index (χ4n) is 5.04. The average Bonchev–Trinajstić information content (AvgIpc) is 3.22. The van der Waals surface area contributed by atoms with Crippen molar-refractivity contribution in [3.8, 4) is 0 Å². The van der Waals surface area contributed by atoms with Gasteiger partial charge in [-0.3, -0.25) is 9.59 Å². The lowest BCUT2D eigenvalue weighted by atomic mass is 9.85. The number of benzene rings is 1. The van der Waals surface area contributed by atoms with Gasteiger partial charge in [-0.1, -0.05) is 12.1 Å². The number of carbonyl (C=O) groups is 2. The summed E-state index contributed by atoms with van der Waals surface area (Å²) in [6, 6.07) is 7.58. The highest BCUT2D eigenvalue weighted by Crippen LogP contribution is 2.53. The second kappa shape index (κ2) is 7.16. The molecule has 1 aromatic carbocycles. The molecule has 2 saturated heterocycles. The van der Waals surface area contributed by atoms with Gasteiger partial charge in [0.1, 0.15) is 0 Å². The third-order valence-corrected chi connectivity index (χ3v) is 6.68. The molecule has 3 atom stereocenters. The Bertz CT molecular complexity index is 752. The zero-order valence-corrected chi connectivity index (χ0v) is 17.1. The summed E-state index contributed by atoms with van der Waals surface area (Å²) >= 11 is 0. The molecule has 1 saturated carbocycles. The molecule has 0 N–H and O–H groups in total. The Kier molecular flexibility index (Phi) is 4.96. The van der Waals surface area contributed by atoms with Crippen molar-refractivity contribution in [3.05, 3.63) is 35.4 Å². The van der Waals surface area contributed by atoms with Gasteiger partial charge in [-0.05, 0) is 50.8 Å². The number of methoxy groups -OCH3 is 1. The Labute approximate surface area is 166 Å². The van der Waals surface area contributed by atoms with Crippen molar-refractivity contribution in [3.63, 3.8) is 0 Å². The Morgan fingerprint density at radius 1 is 1.21 bits per heavy atom. The lowest BCUT2D eigenvalue weighted by Crippen LogP contribution is -2.58. The molecule has 2 heterocycles. The van der Waals surface area contributed by atoms with E-state index in [1.165, 1.54) is 0 Å². The van der Waals surface area contributed by atoms with Crippen molar-refractivity contribution in [2.24, 2.45) is 5.41 Å². The molecule has 28 heavy (non-hydrogen) atoms. The van der Waals surface area contributed by atoms with Crippen LogP contribution in [0.3, 0.4) is 0 Å². The molecule has 3 fully saturated rings. The van der Waals surface area contributed by atoms with Crippen LogP contribution in [0.1, 0.15) is 49.0 Å². The molecule has 0 radical (unpaired) electrons. The molecule has 6 nitrogen and oxygen atoms in total. The van der Waals surface area contributed by atoms with Gasteiger partial charge in [0.2, 0.25) is 5.91 Å². The van der Waals surface area contributed by atoms with Crippen molar-refractivity contribution in [1.82, 2.24) is 9.80 Å². The van der Waals surface area contributed by atoms with E-state index < -0.39 is 0 Å². The van der Waals surface area contributed by atoms with Crippen molar-refractivity contribution in [2.45, 2.75) is 51.4 Å². The first kappa shape index (κ1) is 19.4. The standard InChI is InChI=1S/C22H30N2O4/c1-16-12-23(19(25)18-6-4-17(5-7-18)13-27-3)10-11-24(16)20(26)22-9-8-21(2,14-22)28-15-22/h4-7,16H,8-15H2,1-3H3. The molecule has 0 spiro atoms. The summed E-state index contributed by atoms with van der Waals surface area (Å²) in [5.74, 6) is 0.246. The summed E-state index contributed by atoms with van der Waals surface area (Å²) in [5, 5.41) is 0. The quantitative estimate of drug-likeness (QED) is 0.798. The highest BCUT2D eigenvalue weighted by molar-refractivity contribution is 5.94. The lowest BCUT2D eigenvalue weighted by Gasteiger charge is -2.43. The summed E-state index contributed by atoms with van der Waals surface area (Å²) in [6.07, 6.45) is 2.71. The topological polar surface area (TPSA) is 59.1 Å². The number of nitrogens with zero attached hydrogens (tertiary/aromatic N) is 2. The Morgan fingerprint density at radius 2 is 1.96 bits per heavy atom. The average molecular weight is 386 g/mol. The molecule has 2 aliphatic heterocycles. The number of hydrogen-bond acceptors (Lipinski definition) is 4. The maximum Gasteiger partial charge on any atom is 0.253 e. The van der Waals surface area contributed by atoms with E-state index >= 15 is 0 Å². The molecule has 3 aliphatic rings. The van der Waals surface area contributed by atoms with Crippen LogP contribution < -0.4 is 0 Å². The summed E-state index contributed by atoms with van der Waals surface area (Å²) in [5.41, 5.74) is 1.27. The number of amides is 2. The first-order chi connectivity index (χ1) is 13.4. The van der Waals surface area contributed by atoms with Crippen LogP contribution in [-0.4, -0.2) is 66.6 Å². The number of ether oxygens (including phenoxy) is 2. The maximum absolute atomic E-state index is 13.3. The van der Waals surface area contributed by atoms with Gasteiger partial charge in [0.15, 0.2) is 0 Å². The van der Waals surface area contributed by atoms with Crippen LogP contribution in [0, 0.1) is 5.41 Å². The number of carbonyl (C=O) groups excluding carboxylic acids is 2. The van der Waals surface area contributed by atoms with Crippen LogP contribution in [0.15, 0.2) is 24.3 Å². The van der Waals surface area contributed by atoms with E-state index in [4.69, 9.17) is 9.47 Å². The van der Waals surface area contributed by atoms with Crippen LogP contribution in [0.2, 0.25) is 0 Å². The minimum Gasteiger partial charge on any atom is -0.380 e. The van der Waals surface area contributed by atoms with E-state index in [1.807, 2.05) is 41.0 Å². The van der Waals surface area contributed by atoms with E-state index in [2.05, 4.69) is 6.92 Å². The highest BCUT2D eigenvalue weighted by atomic mass is 16.5. The fraction of sp³-hybridized carbons (Fsp3) is 0.636. The minimum absolute atomic E-state index is 0.0137. The largest absolute Gasteiger partial charge is 0.380 e. The molecular weight excluding hydrogens is 356 g/mol. The van der Waals surface area contributed by atoms with Gasteiger partial charge in [0, 0.05) is 38.3 Å². The Balaban J connectivity index is 1.40. The van der Waals surface area contributed by atoms with E-state index in [1.54, 1.807) is 7.11 Å². The molecule has 1 aromatic rings. The van der Waals surface area contributed by atoms with Crippen molar-refractivity contribution >= 4 is 11.8 Å². The van der Waals surface area contributed by atoms with Crippen LogP contribution in [-0.2, 0) is 20.9 Å². The number of fused-ring (bicyclic) bond motifs is 2. The highest BCUT2D eigenvalue weighted by Gasteiger charge is 2.58. The van der Waals surface area contributed by atoms with Crippen LogP contribution in [0.25, 0.3) is 0 Å². The van der Waals surface area contributed by atoms with Crippen LogP contribution in [0.5, 0.6) is 0 Å². The van der Waals surface area contributed by atoms with Crippen molar-refractivity contribution in [2.75, 3.05) is 33.4 Å². The van der Waals surface area contributed by atoms with Gasteiger partial charge in [-0.2, -0.15) is 0 Å². The number of piperazine rings is 1. The van der Waals surface area contributed by atoms with E-state index in [0.29, 0.717) is 38.4 Å². The fourth-order valence-corrected chi connectivity index (χ4v) is 5.04. The van der Waals surface area contributed by atoms with E-state index in [9.17, 15) is 9.59 Å². The summed E-state index contributed by atoms with van der Waals surface area (Å²) in [4.78, 5) is 30.0. The molecule has 3 unspecified atom stereocenters. The molecule has 2 bridgehead atoms. The van der Waals surface area contributed by atoms with E-state index in [0.717, 1.165) is 24.8 Å². The van der Waals surface area contributed by atoms with Crippen molar-refractivity contribution in [1.29, 1.82) is 0 Å². The normalized spacial score (nSPS) is 32.0. The smallest absolute Gasteiger partial charge is 0.253 e. The molecule has 152 valence electrons. The van der Waals surface area contributed by atoms with Gasteiger partial charge in [0.25, 0.3) is 5.91 Å². The zero-order chi connectivity index (χ0) is 19.9. The SMILES string of the molecule is COCc1ccc(C(=O)N2CCN(C(=O)C34CCC(C)(C3)OC4)C(C)C2)cc1.